The monoisotopic (exact) mass is 570 g/mol. The van der Waals surface area contributed by atoms with Crippen molar-refractivity contribution in [1.82, 2.24) is 0 Å². The van der Waals surface area contributed by atoms with Gasteiger partial charge in [0.15, 0.2) is 5.60 Å². The maximum absolute atomic E-state index is 13.0. The zero-order valence-electron chi connectivity index (χ0n) is 26.6. The van der Waals surface area contributed by atoms with Crippen LogP contribution in [0, 0.1) is 29.1 Å². The van der Waals surface area contributed by atoms with Gasteiger partial charge in [-0.25, -0.2) is 4.79 Å². The van der Waals surface area contributed by atoms with Crippen LogP contribution < -0.4 is 0 Å². The Kier molecular flexibility index (Phi) is 19.5. The molecule has 0 aliphatic heterocycles. The molecule has 0 aromatic heterocycles. The van der Waals surface area contributed by atoms with Gasteiger partial charge in [-0.2, -0.15) is 0 Å². The zero-order valence-corrected chi connectivity index (χ0v) is 26.6. The zero-order chi connectivity index (χ0) is 30.8. The lowest BCUT2D eigenvalue weighted by Crippen LogP contribution is -2.64. The summed E-state index contributed by atoms with van der Waals surface area (Å²) >= 11 is 0. The van der Waals surface area contributed by atoms with Gasteiger partial charge >= 0.3 is 17.9 Å². The number of unbranched alkanes of at least 4 members (excludes halogenated alkanes) is 9. The highest BCUT2D eigenvalue weighted by atomic mass is 16.4. The average Bonchev–Trinajstić information content (AvgIpc) is 2.84. The lowest BCUT2D eigenvalue weighted by molar-refractivity contribution is -0.207. The van der Waals surface area contributed by atoms with Crippen molar-refractivity contribution in [3.8, 4) is 0 Å². The van der Waals surface area contributed by atoms with Crippen molar-refractivity contribution in [2.75, 3.05) is 0 Å². The lowest BCUT2D eigenvalue weighted by Gasteiger charge is -2.45. The molecule has 0 fully saturated rings. The van der Waals surface area contributed by atoms with Crippen LogP contribution in [0.4, 0.5) is 0 Å². The summed E-state index contributed by atoms with van der Waals surface area (Å²) in [5.74, 6) is -4.53. The SMILES string of the molecule is CC(C)CCCCCCC(C(=O)O)C(O)(C(=O)O)C(CCCCCCC(C)C)(CCCCCCC(C)C)C(=O)O. The summed E-state index contributed by atoms with van der Waals surface area (Å²) in [6.45, 7) is 12.9. The number of aliphatic hydroxyl groups is 1. The van der Waals surface area contributed by atoms with E-state index < -0.39 is 34.8 Å². The van der Waals surface area contributed by atoms with Gasteiger partial charge in [-0.1, -0.05) is 138 Å². The highest BCUT2D eigenvalue weighted by Crippen LogP contribution is 2.48. The number of carbonyl (C=O) groups is 3. The van der Waals surface area contributed by atoms with E-state index in [1.165, 1.54) is 0 Å². The number of rotatable bonds is 26. The Morgan fingerprint density at radius 3 is 1.10 bits per heavy atom. The van der Waals surface area contributed by atoms with Crippen molar-refractivity contribution in [3.63, 3.8) is 0 Å². The summed E-state index contributed by atoms with van der Waals surface area (Å²) in [7, 11) is 0. The van der Waals surface area contributed by atoms with Crippen molar-refractivity contribution in [2.45, 2.75) is 163 Å². The molecule has 0 bridgehead atoms. The van der Waals surface area contributed by atoms with E-state index in [4.69, 9.17) is 0 Å². The number of hydrogen-bond acceptors (Lipinski definition) is 4. The van der Waals surface area contributed by atoms with E-state index in [2.05, 4.69) is 41.5 Å². The van der Waals surface area contributed by atoms with Gasteiger partial charge in [-0.05, 0) is 37.0 Å². The predicted octanol–water partition coefficient (Wildman–Crippen LogP) is 8.56. The molecule has 0 aromatic carbocycles. The van der Waals surface area contributed by atoms with Crippen LogP contribution in [-0.4, -0.2) is 43.9 Å². The quantitative estimate of drug-likeness (QED) is 0.0766. The van der Waals surface area contributed by atoms with Crippen molar-refractivity contribution in [2.24, 2.45) is 29.1 Å². The van der Waals surface area contributed by atoms with Gasteiger partial charge in [0.1, 0.15) is 5.41 Å². The number of carboxylic acid groups (broad SMARTS) is 3. The summed E-state index contributed by atoms with van der Waals surface area (Å²) in [6.07, 6.45) is 12.2. The van der Waals surface area contributed by atoms with Crippen LogP contribution in [0.15, 0.2) is 0 Å². The molecule has 0 aliphatic carbocycles. The number of carboxylic acids is 3. The fraction of sp³-hybridized carbons (Fsp3) is 0.909. The highest BCUT2D eigenvalue weighted by Gasteiger charge is 2.65. The standard InChI is InChI=1S/C33H62O7/c1-25(2)19-13-7-8-16-22-28(29(34)35)33(40,31(38)39)32(30(36)37,23-17-11-9-14-20-26(3)4)24-18-12-10-15-21-27(5)6/h25-28,40H,7-24H2,1-6H3,(H,34,35)(H,36,37)(H,38,39). The molecule has 40 heavy (non-hydrogen) atoms. The van der Waals surface area contributed by atoms with Crippen LogP contribution in [0.2, 0.25) is 0 Å². The fourth-order valence-corrected chi connectivity index (χ4v) is 6.00. The summed E-state index contributed by atoms with van der Waals surface area (Å²) in [6, 6.07) is 0. The van der Waals surface area contributed by atoms with Crippen LogP contribution >= 0.6 is 0 Å². The highest BCUT2D eigenvalue weighted by molar-refractivity contribution is 5.93. The first-order valence-electron chi connectivity index (χ1n) is 16.1. The first kappa shape index (κ1) is 38.4. The van der Waals surface area contributed by atoms with E-state index in [9.17, 15) is 34.8 Å². The third-order valence-corrected chi connectivity index (χ3v) is 8.56. The molecule has 0 radical (unpaired) electrons. The minimum Gasteiger partial charge on any atom is -0.481 e. The first-order chi connectivity index (χ1) is 18.7. The third-order valence-electron chi connectivity index (χ3n) is 8.56. The molecule has 0 aliphatic rings. The minimum atomic E-state index is -2.89. The second-order valence-electron chi connectivity index (χ2n) is 13.4. The van der Waals surface area contributed by atoms with Crippen LogP contribution in [0.1, 0.15) is 157 Å². The Morgan fingerprint density at radius 1 is 0.500 bits per heavy atom. The molecule has 0 amide bonds. The van der Waals surface area contributed by atoms with Gasteiger partial charge in [0.05, 0.1) is 5.92 Å². The molecule has 2 atom stereocenters. The number of hydrogen-bond donors (Lipinski definition) is 4. The van der Waals surface area contributed by atoms with E-state index in [1.807, 2.05) is 0 Å². The molecule has 236 valence electrons. The minimum absolute atomic E-state index is 0.0447. The Labute approximate surface area is 244 Å². The Hall–Kier alpha value is -1.63. The predicted molar refractivity (Wildman–Crippen MR) is 161 cm³/mol. The maximum Gasteiger partial charge on any atom is 0.337 e. The van der Waals surface area contributed by atoms with Crippen LogP contribution in [-0.2, 0) is 14.4 Å². The average molecular weight is 571 g/mol. The molecule has 7 nitrogen and oxygen atoms in total. The Balaban J connectivity index is 5.93. The van der Waals surface area contributed by atoms with Gasteiger partial charge in [-0.3, -0.25) is 9.59 Å². The maximum atomic E-state index is 13.0. The second-order valence-corrected chi connectivity index (χ2v) is 13.4. The summed E-state index contributed by atoms with van der Waals surface area (Å²) in [4.78, 5) is 38.2. The summed E-state index contributed by atoms with van der Waals surface area (Å²) in [5.41, 5.74) is -4.95. The second kappa shape index (κ2) is 20.3. The summed E-state index contributed by atoms with van der Waals surface area (Å²) in [5, 5.41) is 42.9. The van der Waals surface area contributed by atoms with Crippen molar-refractivity contribution in [1.29, 1.82) is 0 Å². The third kappa shape index (κ3) is 13.4. The molecule has 0 saturated carbocycles. The van der Waals surface area contributed by atoms with Gasteiger partial charge in [-0.15, -0.1) is 0 Å². The Bertz CT molecular complexity index is 696. The van der Waals surface area contributed by atoms with Crippen molar-refractivity contribution in [3.05, 3.63) is 0 Å². The van der Waals surface area contributed by atoms with Crippen LogP contribution in [0.3, 0.4) is 0 Å². The van der Waals surface area contributed by atoms with Gasteiger partial charge in [0.2, 0.25) is 0 Å². The van der Waals surface area contributed by atoms with E-state index in [0.29, 0.717) is 37.0 Å². The van der Waals surface area contributed by atoms with E-state index in [0.717, 1.165) is 77.0 Å². The van der Waals surface area contributed by atoms with Gasteiger partial charge < -0.3 is 20.4 Å². The smallest absolute Gasteiger partial charge is 0.337 e. The first-order valence-corrected chi connectivity index (χ1v) is 16.1. The van der Waals surface area contributed by atoms with Crippen molar-refractivity contribution < 1.29 is 34.8 Å². The largest absolute Gasteiger partial charge is 0.481 e. The molecule has 2 unspecified atom stereocenters. The summed E-state index contributed by atoms with van der Waals surface area (Å²) < 4.78 is 0. The Morgan fingerprint density at radius 2 is 0.825 bits per heavy atom. The van der Waals surface area contributed by atoms with Crippen LogP contribution in [0.5, 0.6) is 0 Å². The molecule has 7 heteroatoms. The molecule has 0 saturated heterocycles. The number of aliphatic carboxylic acids is 3. The molecular weight excluding hydrogens is 508 g/mol. The molecule has 4 N–H and O–H groups in total. The molecule has 0 rings (SSSR count). The molecular formula is C33H62O7. The van der Waals surface area contributed by atoms with Gasteiger partial charge in [0.25, 0.3) is 0 Å². The van der Waals surface area contributed by atoms with Crippen LogP contribution in [0.25, 0.3) is 0 Å². The fourth-order valence-electron chi connectivity index (χ4n) is 6.00. The molecule has 0 aromatic rings. The molecule has 0 heterocycles. The van der Waals surface area contributed by atoms with Gasteiger partial charge in [0, 0.05) is 0 Å². The van der Waals surface area contributed by atoms with Crippen molar-refractivity contribution >= 4 is 17.9 Å². The van der Waals surface area contributed by atoms with E-state index >= 15 is 0 Å². The lowest BCUT2D eigenvalue weighted by atomic mass is 9.59. The molecule has 0 spiro atoms. The topological polar surface area (TPSA) is 132 Å². The normalized spacial score (nSPS) is 14.6. The van der Waals surface area contributed by atoms with E-state index in [1.54, 1.807) is 0 Å². The van der Waals surface area contributed by atoms with E-state index in [-0.39, 0.29) is 19.3 Å².